The Bertz CT molecular complexity index is 649. The van der Waals surface area contributed by atoms with E-state index in [1.165, 1.54) is 5.56 Å². The fourth-order valence-electron chi connectivity index (χ4n) is 2.67. The third-order valence-electron chi connectivity index (χ3n) is 3.72. The highest BCUT2D eigenvalue weighted by atomic mass is 16.3. The van der Waals surface area contributed by atoms with E-state index < -0.39 is 0 Å². The minimum Gasteiger partial charge on any atom is -0.388 e. The maximum atomic E-state index is 9.79. The van der Waals surface area contributed by atoms with Gasteiger partial charge in [-0.15, -0.1) is 0 Å². The summed E-state index contributed by atoms with van der Waals surface area (Å²) in [6.07, 6.45) is 1.44. The van der Waals surface area contributed by atoms with Crippen molar-refractivity contribution in [2.45, 2.75) is 18.9 Å². The number of fused-ring (bicyclic) bond motifs is 1. The molecule has 18 heavy (non-hydrogen) atoms. The minimum absolute atomic E-state index is 0.308. The predicted molar refractivity (Wildman–Crippen MR) is 68.8 cm³/mol. The Balaban J connectivity index is 2.08. The first-order valence-corrected chi connectivity index (χ1v) is 6.08. The van der Waals surface area contributed by atoms with Gasteiger partial charge in [-0.05, 0) is 47.7 Å². The number of aryl methyl sites for hydroxylation is 1. The van der Waals surface area contributed by atoms with Crippen LogP contribution in [0.1, 0.15) is 29.3 Å². The van der Waals surface area contributed by atoms with E-state index in [0.29, 0.717) is 5.69 Å². The van der Waals surface area contributed by atoms with Gasteiger partial charge in [-0.3, -0.25) is 0 Å². The Morgan fingerprint density at radius 1 is 1.33 bits per heavy atom. The van der Waals surface area contributed by atoms with Crippen LogP contribution in [0.25, 0.3) is 11.3 Å². The summed E-state index contributed by atoms with van der Waals surface area (Å²) in [6, 6.07) is 12.1. The van der Waals surface area contributed by atoms with Crippen molar-refractivity contribution in [1.29, 1.82) is 5.26 Å². The van der Waals surface area contributed by atoms with Crippen LogP contribution in [0.2, 0.25) is 0 Å². The maximum absolute atomic E-state index is 9.79. The lowest BCUT2D eigenvalue weighted by molar-refractivity contribution is 0.180. The quantitative estimate of drug-likeness (QED) is 0.830. The number of nitriles is 1. The van der Waals surface area contributed by atoms with E-state index in [4.69, 9.17) is 5.26 Å². The summed E-state index contributed by atoms with van der Waals surface area (Å²) >= 11 is 0. The molecule has 0 amide bonds. The highest BCUT2D eigenvalue weighted by Crippen LogP contribution is 2.34. The van der Waals surface area contributed by atoms with Crippen LogP contribution >= 0.6 is 0 Å². The Morgan fingerprint density at radius 2 is 2.17 bits per heavy atom. The molecule has 1 aromatic carbocycles. The molecule has 1 N–H and O–H groups in total. The number of nitrogens with zero attached hydrogens (tertiary/aromatic N) is 2. The van der Waals surface area contributed by atoms with Gasteiger partial charge in [0.05, 0.1) is 6.10 Å². The summed E-state index contributed by atoms with van der Waals surface area (Å²) in [5, 5.41) is 18.8. The second kappa shape index (κ2) is 4.01. The van der Waals surface area contributed by atoms with E-state index in [9.17, 15) is 5.11 Å². The van der Waals surface area contributed by atoms with E-state index >= 15 is 0 Å². The van der Waals surface area contributed by atoms with Crippen molar-refractivity contribution in [2.24, 2.45) is 7.05 Å². The fraction of sp³-hybridized carbons (Fsp3) is 0.267. The van der Waals surface area contributed by atoms with E-state index in [0.717, 1.165) is 29.7 Å². The molecule has 2 aromatic rings. The Hall–Kier alpha value is -2.05. The van der Waals surface area contributed by atoms with Gasteiger partial charge in [0.25, 0.3) is 0 Å². The van der Waals surface area contributed by atoms with E-state index in [-0.39, 0.29) is 6.10 Å². The minimum atomic E-state index is -0.308. The summed E-state index contributed by atoms with van der Waals surface area (Å²) in [5.74, 6) is 0. The van der Waals surface area contributed by atoms with Crippen LogP contribution in [0.3, 0.4) is 0 Å². The molecule has 1 aromatic heterocycles. The third-order valence-corrected chi connectivity index (χ3v) is 3.72. The molecule has 1 atom stereocenters. The molecule has 1 aliphatic rings. The molecule has 90 valence electrons. The highest BCUT2D eigenvalue weighted by molar-refractivity contribution is 5.64. The molecular weight excluding hydrogens is 224 g/mol. The number of benzene rings is 1. The zero-order valence-corrected chi connectivity index (χ0v) is 10.2. The zero-order valence-electron chi connectivity index (χ0n) is 10.2. The zero-order chi connectivity index (χ0) is 12.7. The van der Waals surface area contributed by atoms with Gasteiger partial charge in [-0.25, -0.2) is 0 Å². The van der Waals surface area contributed by atoms with E-state index in [1.54, 1.807) is 0 Å². The van der Waals surface area contributed by atoms with Crippen molar-refractivity contribution in [3.63, 3.8) is 0 Å². The Morgan fingerprint density at radius 3 is 2.89 bits per heavy atom. The van der Waals surface area contributed by atoms with Crippen LogP contribution in [-0.2, 0) is 13.5 Å². The van der Waals surface area contributed by atoms with Gasteiger partial charge in [0.1, 0.15) is 11.8 Å². The molecule has 3 rings (SSSR count). The first-order valence-electron chi connectivity index (χ1n) is 6.08. The van der Waals surface area contributed by atoms with Crippen LogP contribution in [0.5, 0.6) is 0 Å². The molecule has 3 nitrogen and oxygen atoms in total. The number of aliphatic hydroxyl groups excluding tert-OH is 1. The molecule has 0 fully saturated rings. The summed E-state index contributed by atoms with van der Waals surface area (Å²) < 4.78 is 1.90. The van der Waals surface area contributed by atoms with Crippen molar-refractivity contribution in [3.05, 3.63) is 47.2 Å². The lowest BCUT2D eigenvalue weighted by atomic mass is 10.0. The van der Waals surface area contributed by atoms with Crippen molar-refractivity contribution in [2.75, 3.05) is 0 Å². The molecule has 0 saturated heterocycles. The van der Waals surface area contributed by atoms with Crippen LogP contribution in [0.4, 0.5) is 0 Å². The topological polar surface area (TPSA) is 49.0 Å². The molecule has 0 bridgehead atoms. The van der Waals surface area contributed by atoms with Crippen LogP contribution < -0.4 is 0 Å². The Kier molecular flexibility index (Phi) is 2.46. The molecule has 1 heterocycles. The third kappa shape index (κ3) is 1.54. The van der Waals surface area contributed by atoms with Gasteiger partial charge in [-0.2, -0.15) is 5.26 Å². The van der Waals surface area contributed by atoms with Gasteiger partial charge < -0.3 is 9.67 Å². The second-order valence-electron chi connectivity index (χ2n) is 4.74. The summed E-state index contributed by atoms with van der Waals surface area (Å²) in [5.41, 5.74) is 5.07. The second-order valence-corrected chi connectivity index (χ2v) is 4.74. The summed E-state index contributed by atoms with van der Waals surface area (Å²) in [4.78, 5) is 0. The number of rotatable bonds is 1. The van der Waals surface area contributed by atoms with Gasteiger partial charge in [0, 0.05) is 12.7 Å². The smallest absolute Gasteiger partial charge is 0.120 e. The largest absolute Gasteiger partial charge is 0.388 e. The maximum Gasteiger partial charge on any atom is 0.120 e. The van der Waals surface area contributed by atoms with Crippen LogP contribution in [-0.4, -0.2) is 9.67 Å². The monoisotopic (exact) mass is 238 g/mol. The summed E-state index contributed by atoms with van der Waals surface area (Å²) in [6.45, 7) is 0. The van der Waals surface area contributed by atoms with Gasteiger partial charge >= 0.3 is 0 Å². The van der Waals surface area contributed by atoms with E-state index in [1.807, 2.05) is 35.9 Å². The normalized spacial score (nSPS) is 17.5. The lowest BCUT2D eigenvalue weighted by Crippen LogP contribution is -1.96. The van der Waals surface area contributed by atoms with E-state index in [2.05, 4.69) is 12.1 Å². The first kappa shape index (κ1) is 11.1. The molecule has 0 spiro atoms. The van der Waals surface area contributed by atoms with Crippen LogP contribution in [0.15, 0.2) is 30.3 Å². The standard InChI is InChI=1S/C15H14N2O/c1-17-12(9-16)4-6-14(17)11-2-5-13-10(8-11)3-7-15(13)18/h2,4-6,8,15,18H,3,7H2,1H3. The molecule has 1 unspecified atom stereocenters. The molecular formula is C15H14N2O. The number of hydrogen-bond donors (Lipinski definition) is 1. The number of aromatic nitrogens is 1. The Labute approximate surface area is 106 Å². The fourth-order valence-corrected chi connectivity index (χ4v) is 2.67. The molecule has 0 radical (unpaired) electrons. The van der Waals surface area contributed by atoms with Gasteiger partial charge in [-0.1, -0.05) is 12.1 Å². The van der Waals surface area contributed by atoms with Gasteiger partial charge in [0.15, 0.2) is 0 Å². The first-order chi connectivity index (χ1) is 8.70. The molecule has 0 saturated carbocycles. The lowest BCUT2D eigenvalue weighted by Gasteiger charge is -2.08. The van der Waals surface area contributed by atoms with Crippen molar-refractivity contribution in [3.8, 4) is 17.3 Å². The van der Waals surface area contributed by atoms with Crippen LogP contribution in [0, 0.1) is 11.3 Å². The molecule has 3 heteroatoms. The number of hydrogen-bond acceptors (Lipinski definition) is 2. The molecule has 1 aliphatic carbocycles. The summed E-state index contributed by atoms with van der Waals surface area (Å²) in [7, 11) is 1.90. The molecule has 0 aliphatic heterocycles. The van der Waals surface area contributed by atoms with Gasteiger partial charge in [0.2, 0.25) is 0 Å². The van der Waals surface area contributed by atoms with Crippen molar-refractivity contribution >= 4 is 0 Å². The van der Waals surface area contributed by atoms with Crippen molar-refractivity contribution in [1.82, 2.24) is 4.57 Å². The average molecular weight is 238 g/mol. The SMILES string of the molecule is Cn1c(C#N)ccc1-c1ccc2c(c1)CCC2O. The number of aliphatic hydroxyl groups is 1. The highest BCUT2D eigenvalue weighted by Gasteiger charge is 2.20. The predicted octanol–water partition coefficient (Wildman–Crippen LogP) is 2.54. The average Bonchev–Trinajstić information content (AvgIpc) is 2.93. The van der Waals surface area contributed by atoms with Crippen molar-refractivity contribution < 1.29 is 5.11 Å².